The molecule has 2 aliphatic heterocycles. The van der Waals surface area contributed by atoms with Gasteiger partial charge in [0.25, 0.3) is 11.8 Å². The average molecular weight is 917 g/mol. The third-order valence-electron chi connectivity index (χ3n) is 10.1. The standard InChI is InChI=1S/C21H19F3N4OS2.C21H20N6O2S2/c22-21(23,24)15-5-6-19(25-11-15)27-7-9-28(10-8-27)20(29)17-3-1-2-4-18(17)31-13-16-12-30-14-26-16;1-14-11-15(25-29-14)12-31-20-17(3-2-5-22-20)21(28)27-8-6-26(7-9-27)18-16-4-10-30-19(16)24-13-23-18/h1-6,11-12,14H,7-10,13H2;2-5,10-11,13H,6-9,12H2,1H3. The number of thioether (sulfide) groups is 2. The highest BCUT2D eigenvalue weighted by atomic mass is 32.2. The van der Waals surface area contributed by atoms with Crippen LogP contribution in [0.1, 0.15) is 43.4 Å². The number of pyridine rings is 2. The fourth-order valence-corrected chi connectivity index (χ4v) is 10.1. The Hall–Kier alpha value is -5.57. The van der Waals surface area contributed by atoms with Crippen molar-refractivity contribution in [2.45, 2.75) is 34.5 Å². The fraction of sp³-hybridized carbons (Fsp3) is 0.286. The number of piperazine rings is 2. The molecule has 0 radical (unpaired) electrons. The zero-order chi connectivity index (χ0) is 43.1. The Bertz CT molecular complexity index is 2590. The van der Waals surface area contributed by atoms with Gasteiger partial charge in [-0.2, -0.15) is 13.2 Å². The summed E-state index contributed by atoms with van der Waals surface area (Å²) in [5.41, 5.74) is 4.13. The summed E-state index contributed by atoms with van der Waals surface area (Å²) in [7, 11) is 0. The summed E-state index contributed by atoms with van der Waals surface area (Å²) in [6, 6.07) is 17.6. The zero-order valence-electron chi connectivity index (χ0n) is 33.3. The predicted octanol–water partition coefficient (Wildman–Crippen LogP) is 8.45. The van der Waals surface area contributed by atoms with Crippen molar-refractivity contribution in [1.82, 2.24) is 39.9 Å². The molecular weight excluding hydrogens is 878 g/mol. The number of thiophene rings is 1. The summed E-state index contributed by atoms with van der Waals surface area (Å²) in [5, 5.41) is 9.83. The van der Waals surface area contributed by atoms with E-state index in [1.165, 1.54) is 17.8 Å². The highest BCUT2D eigenvalue weighted by Gasteiger charge is 2.32. The molecule has 2 amide bonds. The van der Waals surface area contributed by atoms with Crippen LogP contribution in [0.25, 0.3) is 10.2 Å². The van der Waals surface area contributed by atoms with E-state index in [-0.39, 0.29) is 11.8 Å². The minimum atomic E-state index is -4.40. The number of aromatic nitrogens is 6. The molecule has 0 spiro atoms. The first kappa shape index (κ1) is 43.1. The number of aryl methyl sites for hydroxylation is 1. The molecule has 7 aromatic rings. The first-order valence-corrected chi connectivity index (χ1v) is 23.3. The molecule has 0 aliphatic carbocycles. The number of halogens is 3. The van der Waals surface area contributed by atoms with E-state index < -0.39 is 11.7 Å². The van der Waals surface area contributed by atoms with Gasteiger partial charge >= 0.3 is 6.18 Å². The summed E-state index contributed by atoms with van der Waals surface area (Å²) in [6.45, 7) is 6.58. The number of alkyl halides is 3. The van der Waals surface area contributed by atoms with Gasteiger partial charge < -0.3 is 24.1 Å². The number of nitrogens with zero attached hydrogens (tertiary/aromatic N) is 10. The lowest BCUT2D eigenvalue weighted by atomic mass is 10.1. The van der Waals surface area contributed by atoms with Gasteiger partial charge in [-0.3, -0.25) is 9.59 Å². The van der Waals surface area contributed by atoms with Gasteiger partial charge in [-0.05, 0) is 54.8 Å². The second kappa shape index (κ2) is 19.6. The van der Waals surface area contributed by atoms with Crippen LogP contribution in [0.3, 0.4) is 0 Å². The van der Waals surface area contributed by atoms with Gasteiger partial charge in [0.15, 0.2) is 0 Å². The Balaban J connectivity index is 0.000000171. The average Bonchev–Trinajstić information content (AvgIpc) is 4.11. The van der Waals surface area contributed by atoms with Crippen LogP contribution in [0.5, 0.6) is 0 Å². The molecule has 8 heterocycles. The Morgan fingerprint density at radius 2 is 1.50 bits per heavy atom. The van der Waals surface area contributed by atoms with E-state index in [4.69, 9.17) is 4.52 Å². The Kier molecular flexibility index (Phi) is 13.7. The number of benzene rings is 1. The lowest BCUT2D eigenvalue weighted by Crippen LogP contribution is -2.49. The maximum Gasteiger partial charge on any atom is 0.417 e. The molecule has 2 fully saturated rings. The highest BCUT2D eigenvalue weighted by molar-refractivity contribution is 7.98. The number of hydrogen-bond acceptors (Lipinski definition) is 15. The van der Waals surface area contributed by atoms with E-state index in [0.29, 0.717) is 72.7 Å². The third kappa shape index (κ3) is 10.4. The van der Waals surface area contributed by atoms with Crippen LogP contribution in [0.2, 0.25) is 0 Å². The fourth-order valence-electron chi connectivity index (χ4n) is 6.90. The molecule has 13 nitrogen and oxygen atoms in total. The zero-order valence-corrected chi connectivity index (χ0v) is 36.5. The molecule has 0 saturated carbocycles. The first-order chi connectivity index (χ1) is 30.1. The topological polar surface area (TPSA) is 138 Å². The van der Waals surface area contributed by atoms with E-state index >= 15 is 0 Å². The lowest BCUT2D eigenvalue weighted by Gasteiger charge is -2.35. The minimum Gasteiger partial charge on any atom is -0.361 e. The van der Waals surface area contributed by atoms with Crippen LogP contribution in [-0.4, -0.2) is 104 Å². The Morgan fingerprint density at radius 1 is 0.774 bits per heavy atom. The molecule has 0 N–H and O–H groups in total. The number of thiazole rings is 1. The summed E-state index contributed by atoms with van der Waals surface area (Å²) in [5.74, 6) is 3.47. The first-order valence-electron chi connectivity index (χ1n) is 19.5. The van der Waals surface area contributed by atoms with Crippen molar-refractivity contribution in [2.75, 3.05) is 62.2 Å². The summed E-state index contributed by atoms with van der Waals surface area (Å²) in [6.07, 6.45) is -0.224. The van der Waals surface area contributed by atoms with E-state index in [1.807, 2.05) is 69.9 Å². The van der Waals surface area contributed by atoms with Crippen LogP contribution < -0.4 is 9.80 Å². The van der Waals surface area contributed by atoms with Crippen molar-refractivity contribution >= 4 is 79.9 Å². The lowest BCUT2D eigenvalue weighted by molar-refractivity contribution is -0.137. The number of carbonyl (C=O) groups is 2. The van der Waals surface area contributed by atoms with Crippen LogP contribution in [-0.2, 0) is 17.7 Å². The van der Waals surface area contributed by atoms with Gasteiger partial charge in [0.05, 0.1) is 39.0 Å². The number of carbonyl (C=O) groups excluding carboxylic acids is 2. The molecule has 9 rings (SSSR count). The molecule has 20 heteroatoms. The molecule has 0 unspecified atom stereocenters. The molecule has 320 valence electrons. The van der Waals surface area contributed by atoms with Gasteiger partial charge in [-0.15, -0.1) is 34.4 Å². The molecule has 62 heavy (non-hydrogen) atoms. The number of anilines is 2. The molecular formula is C42H39F3N10O3S4. The molecule has 6 aromatic heterocycles. The van der Waals surface area contributed by atoms with Crippen molar-refractivity contribution in [3.05, 3.63) is 129 Å². The second-order valence-electron chi connectivity index (χ2n) is 14.1. The van der Waals surface area contributed by atoms with E-state index in [1.54, 1.807) is 57.4 Å². The minimum absolute atomic E-state index is 0.00921. The maximum absolute atomic E-state index is 13.2. The number of amides is 2. The Morgan fingerprint density at radius 3 is 2.19 bits per heavy atom. The van der Waals surface area contributed by atoms with Gasteiger partial charge in [0, 0.05) is 92.6 Å². The van der Waals surface area contributed by atoms with Crippen molar-refractivity contribution in [2.24, 2.45) is 0 Å². The van der Waals surface area contributed by atoms with Gasteiger partial charge in [-0.25, -0.2) is 24.9 Å². The quantitative estimate of drug-likeness (QED) is 0.122. The van der Waals surface area contributed by atoms with Crippen LogP contribution >= 0.6 is 46.2 Å². The largest absolute Gasteiger partial charge is 0.417 e. The van der Waals surface area contributed by atoms with Crippen molar-refractivity contribution in [3.8, 4) is 0 Å². The van der Waals surface area contributed by atoms with E-state index in [9.17, 15) is 22.8 Å². The number of hydrogen-bond donors (Lipinski definition) is 0. The Labute approximate surface area is 371 Å². The summed E-state index contributed by atoms with van der Waals surface area (Å²) >= 11 is 6.24. The van der Waals surface area contributed by atoms with E-state index in [0.717, 1.165) is 63.4 Å². The maximum atomic E-state index is 13.2. The summed E-state index contributed by atoms with van der Waals surface area (Å²) in [4.78, 5) is 57.6. The normalized spacial score (nSPS) is 14.5. The van der Waals surface area contributed by atoms with Gasteiger partial charge in [0.1, 0.15) is 33.6 Å². The monoisotopic (exact) mass is 916 g/mol. The molecule has 1 aromatic carbocycles. The van der Waals surface area contributed by atoms with Crippen LogP contribution in [0.4, 0.5) is 24.8 Å². The molecule has 2 saturated heterocycles. The number of fused-ring (bicyclic) bond motifs is 1. The molecule has 0 atom stereocenters. The van der Waals surface area contributed by atoms with Gasteiger partial charge in [-0.1, -0.05) is 29.1 Å². The van der Waals surface area contributed by atoms with Crippen molar-refractivity contribution in [1.29, 1.82) is 0 Å². The smallest absolute Gasteiger partial charge is 0.361 e. The van der Waals surface area contributed by atoms with Gasteiger partial charge in [0.2, 0.25) is 0 Å². The second-order valence-corrected chi connectivity index (χ2v) is 17.7. The predicted molar refractivity (Wildman–Crippen MR) is 236 cm³/mol. The highest BCUT2D eigenvalue weighted by Crippen LogP contribution is 2.32. The number of rotatable bonds is 10. The van der Waals surface area contributed by atoms with E-state index in [2.05, 4.69) is 41.0 Å². The van der Waals surface area contributed by atoms with Crippen molar-refractivity contribution in [3.63, 3.8) is 0 Å². The SMILES string of the molecule is Cc1cc(CSc2ncccc2C(=O)N2CCN(c3ncnc4sccc34)CC2)no1.O=C(c1ccccc1SCc1cscn1)N1CCN(c2ccc(C(F)(F)F)cn2)CC1. The summed E-state index contributed by atoms with van der Waals surface area (Å²) < 4.78 is 43.3. The molecule has 0 bridgehead atoms. The van der Waals surface area contributed by atoms with Crippen LogP contribution in [0.15, 0.2) is 110 Å². The third-order valence-corrected chi connectivity index (χ3v) is 13.7. The van der Waals surface area contributed by atoms with Crippen molar-refractivity contribution < 1.29 is 27.3 Å². The molecule has 2 aliphatic rings. The van der Waals surface area contributed by atoms with Crippen LogP contribution in [0, 0.1) is 6.92 Å².